The van der Waals surface area contributed by atoms with Crippen molar-refractivity contribution in [1.29, 1.82) is 0 Å². The minimum absolute atomic E-state index is 0.202. The Morgan fingerprint density at radius 1 is 0.947 bits per heavy atom. The lowest BCUT2D eigenvalue weighted by Gasteiger charge is -2.34. The number of carbonyl (C=O) groups is 1. The van der Waals surface area contributed by atoms with Crippen LogP contribution < -0.4 is 11.1 Å². The third-order valence-electron chi connectivity index (χ3n) is 4.54. The molecule has 0 aromatic rings. The molecular formula is C15H29N3O. The summed E-state index contributed by atoms with van der Waals surface area (Å²) in [6.45, 7) is 2.44. The lowest BCUT2D eigenvalue weighted by molar-refractivity contribution is -0.119. The standard InChI is InChI=1S/C15H29N3O/c16-15(19)12-18-10-8-14(9-11-18)17-13-6-4-2-1-3-5-7-13/h13-14,17H,1-12H2,(H2,16,19). The van der Waals surface area contributed by atoms with Crippen molar-refractivity contribution in [2.24, 2.45) is 5.73 Å². The van der Waals surface area contributed by atoms with E-state index in [1.54, 1.807) is 0 Å². The first kappa shape index (κ1) is 14.8. The number of nitrogens with two attached hydrogens (primary N) is 1. The Morgan fingerprint density at radius 3 is 2.05 bits per heavy atom. The molecule has 1 aliphatic carbocycles. The van der Waals surface area contributed by atoms with Crippen LogP contribution in [0.1, 0.15) is 57.8 Å². The molecule has 3 N–H and O–H groups in total. The third-order valence-corrected chi connectivity index (χ3v) is 4.54. The largest absolute Gasteiger partial charge is 0.369 e. The summed E-state index contributed by atoms with van der Waals surface area (Å²) in [7, 11) is 0. The lowest BCUT2D eigenvalue weighted by atomic mass is 9.95. The zero-order valence-corrected chi connectivity index (χ0v) is 12.1. The molecule has 19 heavy (non-hydrogen) atoms. The van der Waals surface area contributed by atoms with Gasteiger partial charge in [-0.05, 0) is 25.7 Å². The predicted octanol–water partition coefficient (Wildman–Crippen LogP) is 1.64. The van der Waals surface area contributed by atoms with Gasteiger partial charge in [-0.2, -0.15) is 0 Å². The summed E-state index contributed by atoms with van der Waals surface area (Å²) in [5, 5.41) is 3.86. The molecule has 2 fully saturated rings. The number of likely N-dealkylation sites (tertiary alicyclic amines) is 1. The molecule has 1 saturated carbocycles. The van der Waals surface area contributed by atoms with Crippen LogP contribution in [-0.2, 0) is 4.79 Å². The monoisotopic (exact) mass is 267 g/mol. The van der Waals surface area contributed by atoms with Gasteiger partial charge in [0, 0.05) is 25.2 Å². The van der Waals surface area contributed by atoms with Gasteiger partial charge in [0.05, 0.1) is 6.54 Å². The van der Waals surface area contributed by atoms with Crippen molar-refractivity contribution in [3.8, 4) is 0 Å². The van der Waals surface area contributed by atoms with Crippen molar-refractivity contribution in [2.75, 3.05) is 19.6 Å². The second-order valence-electron chi connectivity index (χ2n) is 6.23. The second-order valence-corrected chi connectivity index (χ2v) is 6.23. The zero-order valence-electron chi connectivity index (χ0n) is 12.1. The van der Waals surface area contributed by atoms with E-state index >= 15 is 0 Å². The number of hydrogen-bond acceptors (Lipinski definition) is 3. The van der Waals surface area contributed by atoms with Crippen LogP contribution in [0.25, 0.3) is 0 Å². The Kier molecular flexibility index (Phi) is 6.11. The molecule has 1 amide bonds. The minimum atomic E-state index is -0.202. The number of amides is 1. The predicted molar refractivity (Wildman–Crippen MR) is 77.9 cm³/mol. The van der Waals surface area contributed by atoms with Gasteiger partial charge in [-0.1, -0.05) is 32.1 Å². The molecule has 2 aliphatic rings. The maximum atomic E-state index is 10.9. The normalized spacial score (nSPS) is 24.8. The quantitative estimate of drug-likeness (QED) is 0.814. The Bertz CT molecular complexity index is 267. The Labute approximate surface area is 117 Å². The van der Waals surface area contributed by atoms with Crippen LogP contribution in [0, 0.1) is 0 Å². The highest BCUT2D eigenvalue weighted by Crippen LogP contribution is 2.19. The highest BCUT2D eigenvalue weighted by Gasteiger charge is 2.22. The van der Waals surface area contributed by atoms with E-state index in [1.807, 2.05) is 0 Å². The Morgan fingerprint density at radius 2 is 1.47 bits per heavy atom. The maximum absolute atomic E-state index is 10.9. The molecule has 0 aromatic heterocycles. The van der Waals surface area contributed by atoms with Crippen molar-refractivity contribution in [3.63, 3.8) is 0 Å². The van der Waals surface area contributed by atoms with E-state index in [0.29, 0.717) is 12.6 Å². The fraction of sp³-hybridized carbons (Fsp3) is 0.933. The van der Waals surface area contributed by atoms with E-state index in [-0.39, 0.29) is 5.91 Å². The van der Waals surface area contributed by atoms with Gasteiger partial charge in [-0.15, -0.1) is 0 Å². The molecule has 1 saturated heterocycles. The highest BCUT2D eigenvalue weighted by molar-refractivity contribution is 5.75. The minimum Gasteiger partial charge on any atom is -0.369 e. The third kappa shape index (κ3) is 5.49. The van der Waals surface area contributed by atoms with Crippen molar-refractivity contribution in [1.82, 2.24) is 10.2 Å². The number of primary amides is 1. The number of nitrogens with one attached hydrogen (secondary N) is 1. The summed E-state index contributed by atoms with van der Waals surface area (Å²) >= 11 is 0. The van der Waals surface area contributed by atoms with Crippen LogP contribution in [0.15, 0.2) is 0 Å². The number of piperidine rings is 1. The van der Waals surface area contributed by atoms with E-state index in [4.69, 9.17) is 5.73 Å². The van der Waals surface area contributed by atoms with E-state index in [0.717, 1.165) is 32.0 Å². The van der Waals surface area contributed by atoms with Crippen molar-refractivity contribution in [3.05, 3.63) is 0 Å². The summed E-state index contributed by atoms with van der Waals surface area (Å²) in [4.78, 5) is 13.1. The Balaban J connectivity index is 1.67. The molecular weight excluding hydrogens is 238 g/mol. The number of hydrogen-bond donors (Lipinski definition) is 2. The molecule has 4 heteroatoms. The first-order chi connectivity index (χ1) is 9.24. The molecule has 4 nitrogen and oxygen atoms in total. The van der Waals surface area contributed by atoms with Gasteiger partial charge < -0.3 is 11.1 Å². The highest BCUT2D eigenvalue weighted by atomic mass is 16.1. The molecule has 1 heterocycles. The average Bonchev–Trinajstić information content (AvgIpc) is 2.34. The van der Waals surface area contributed by atoms with Gasteiger partial charge in [0.2, 0.25) is 5.91 Å². The number of rotatable bonds is 4. The van der Waals surface area contributed by atoms with Gasteiger partial charge >= 0.3 is 0 Å². The zero-order chi connectivity index (χ0) is 13.5. The maximum Gasteiger partial charge on any atom is 0.231 e. The number of nitrogens with zero attached hydrogens (tertiary/aromatic N) is 1. The van der Waals surface area contributed by atoms with Crippen molar-refractivity contribution in [2.45, 2.75) is 69.9 Å². The Hall–Kier alpha value is -0.610. The van der Waals surface area contributed by atoms with Crippen LogP contribution >= 0.6 is 0 Å². The van der Waals surface area contributed by atoms with Crippen LogP contribution in [-0.4, -0.2) is 42.5 Å². The smallest absolute Gasteiger partial charge is 0.231 e. The van der Waals surface area contributed by atoms with Crippen LogP contribution in [0.5, 0.6) is 0 Å². The number of carbonyl (C=O) groups excluding carboxylic acids is 1. The molecule has 0 unspecified atom stereocenters. The molecule has 0 aromatic carbocycles. The van der Waals surface area contributed by atoms with Crippen LogP contribution in [0.2, 0.25) is 0 Å². The molecule has 110 valence electrons. The van der Waals surface area contributed by atoms with Gasteiger partial charge in [0.15, 0.2) is 0 Å². The van der Waals surface area contributed by atoms with E-state index in [1.165, 1.54) is 44.9 Å². The molecule has 0 bridgehead atoms. The van der Waals surface area contributed by atoms with E-state index in [9.17, 15) is 4.79 Å². The fourth-order valence-electron chi connectivity index (χ4n) is 3.43. The topological polar surface area (TPSA) is 58.4 Å². The summed E-state index contributed by atoms with van der Waals surface area (Å²) in [5.74, 6) is -0.202. The van der Waals surface area contributed by atoms with Crippen molar-refractivity contribution < 1.29 is 4.79 Å². The summed E-state index contributed by atoms with van der Waals surface area (Å²) in [6, 6.07) is 1.38. The fourth-order valence-corrected chi connectivity index (χ4v) is 3.43. The lowest BCUT2D eigenvalue weighted by Crippen LogP contribution is -2.48. The van der Waals surface area contributed by atoms with E-state index < -0.39 is 0 Å². The molecule has 0 atom stereocenters. The van der Waals surface area contributed by atoms with Gasteiger partial charge in [0.1, 0.15) is 0 Å². The molecule has 0 radical (unpaired) electrons. The average molecular weight is 267 g/mol. The van der Waals surface area contributed by atoms with Gasteiger partial charge in [-0.3, -0.25) is 9.69 Å². The summed E-state index contributed by atoms with van der Waals surface area (Å²) in [5.41, 5.74) is 5.24. The summed E-state index contributed by atoms with van der Waals surface area (Å²) in [6.07, 6.45) is 12.0. The first-order valence-electron chi connectivity index (χ1n) is 8.01. The molecule has 0 spiro atoms. The second kappa shape index (κ2) is 7.85. The van der Waals surface area contributed by atoms with Crippen LogP contribution in [0.4, 0.5) is 0 Å². The van der Waals surface area contributed by atoms with Crippen molar-refractivity contribution >= 4 is 5.91 Å². The SMILES string of the molecule is NC(=O)CN1CCC(NC2CCCCCCC2)CC1. The van der Waals surface area contributed by atoms with Gasteiger partial charge in [-0.25, -0.2) is 0 Å². The molecule has 1 aliphatic heterocycles. The van der Waals surface area contributed by atoms with Crippen LogP contribution in [0.3, 0.4) is 0 Å². The van der Waals surface area contributed by atoms with E-state index in [2.05, 4.69) is 10.2 Å². The first-order valence-corrected chi connectivity index (χ1v) is 8.01. The molecule has 2 rings (SSSR count). The summed E-state index contributed by atoms with van der Waals surface area (Å²) < 4.78 is 0. The van der Waals surface area contributed by atoms with Gasteiger partial charge in [0.25, 0.3) is 0 Å².